The third-order valence-electron chi connectivity index (χ3n) is 4.22. The van der Waals surface area contributed by atoms with E-state index in [1.165, 1.54) is 0 Å². The summed E-state index contributed by atoms with van der Waals surface area (Å²) in [7, 11) is -12.6. The Morgan fingerprint density at radius 3 is 1.29 bits per heavy atom. The van der Waals surface area contributed by atoms with Crippen molar-refractivity contribution in [3.63, 3.8) is 0 Å². The maximum absolute atomic E-state index is 12.9. The van der Waals surface area contributed by atoms with E-state index in [1.54, 1.807) is 0 Å². The largest absolute Gasteiger partial charge is 0.534 e. The molecule has 0 spiro atoms. The van der Waals surface area contributed by atoms with Gasteiger partial charge in [-0.25, -0.2) is 0 Å². The van der Waals surface area contributed by atoms with E-state index in [2.05, 4.69) is 8.37 Å². The molecule has 0 atom stereocenters. The molecular weight excluding hydrogens is 530 g/mol. The van der Waals surface area contributed by atoms with Gasteiger partial charge in [0.2, 0.25) is 13.6 Å². The Bertz CT molecular complexity index is 1260. The molecule has 4 rings (SSSR count). The van der Waals surface area contributed by atoms with Gasteiger partial charge in [-0.1, -0.05) is 0 Å². The van der Waals surface area contributed by atoms with Crippen molar-refractivity contribution in [3.05, 3.63) is 24.3 Å². The number of hydrogen-bond acceptors (Lipinski definition) is 10. The molecule has 2 heterocycles. The molecule has 0 unspecified atom stereocenters. The molecule has 2 aliphatic rings. The Kier molecular flexibility index (Phi) is 5.35. The number of alkyl halides is 6. The molecule has 0 radical (unpaired) electrons. The highest BCUT2D eigenvalue weighted by atomic mass is 32.2. The highest BCUT2D eigenvalue weighted by Gasteiger charge is 2.51. The lowest BCUT2D eigenvalue weighted by molar-refractivity contribution is -0.0505. The van der Waals surface area contributed by atoms with E-state index in [1.807, 2.05) is 0 Å². The van der Waals surface area contributed by atoms with Crippen LogP contribution in [-0.4, -0.2) is 41.4 Å². The van der Waals surface area contributed by atoms with Crippen LogP contribution in [0, 0.1) is 0 Å². The van der Waals surface area contributed by atoms with Crippen molar-refractivity contribution in [1.29, 1.82) is 0 Å². The first-order chi connectivity index (χ1) is 15.6. The van der Waals surface area contributed by atoms with Gasteiger partial charge in [-0.15, -0.1) is 0 Å². The molecule has 0 aromatic heterocycles. The molecule has 0 bridgehead atoms. The average molecular weight is 538 g/mol. The maximum Gasteiger partial charge on any atom is 0.534 e. The lowest BCUT2D eigenvalue weighted by Crippen LogP contribution is -2.28. The van der Waals surface area contributed by atoms with Crippen LogP contribution in [0.2, 0.25) is 0 Å². The van der Waals surface area contributed by atoms with Crippen molar-refractivity contribution in [2.45, 2.75) is 11.0 Å². The van der Waals surface area contributed by atoms with Crippen molar-refractivity contribution >= 4 is 20.2 Å². The molecule has 0 saturated carbocycles. The predicted octanol–water partition coefficient (Wildman–Crippen LogP) is 3.27. The number of rotatable bonds is 5. The SMILES string of the molecule is O=S(=O)(Oc1ccc2c(c1-c1c(OS(=O)(=O)C(F)(F)F)ccc3c1OCO3)OCO2)C(F)(F)F. The zero-order chi connectivity index (χ0) is 25.1. The van der Waals surface area contributed by atoms with E-state index < -0.39 is 79.0 Å². The molecule has 2 aromatic carbocycles. The van der Waals surface area contributed by atoms with E-state index in [0.29, 0.717) is 12.1 Å². The van der Waals surface area contributed by atoms with E-state index in [-0.39, 0.29) is 11.5 Å². The fourth-order valence-electron chi connectivity index (χ4n) is 2.85. The van der Waals surface area contributed by atoms with Gasteiger partial charge in [0.05, 0.1) is 11.1 Å². The average Bonchev–Trinajstić information content (AvgIpc) is 3.35. The van der Waals surface area contributed by atoms with Crippen LogP contribution in [0.25, 0.3) is 11.1 Å². The summed E-state index contributed by atoms with van der Waals surface area (Å²) in [5.74, 6) is -3.58. The highest BCUT2D eigenvalue weighted by Crippen LogP contribution is 2.56. The van der Waals surface area contributed by atoms with Gasteiger partial charge in [-0.05, 0) is 24.3 Å². The second-order valence-electron chi connectivity index (χ2n) is 6.31. The lowest BCUT2D eigenvalue weighted by Gasteiger charge is -2.18. The van der Waals surface area contributed by atoms with E-state index in [9.17, 15) is 43.2 Å². The minimum Gasteiger partial charge on any atom is -0.454 e. The first-order valence-corrected chi connectivity index (χ1v) is 11.3. The molecule has 0 N–H and O–H groups in total. The van der Waals surface area contributed by atoms with Crippen molar-refractivity contribution in [2.24, 2.45) is 0 Å². The summed E-state index contributed by atoms with van der Waals surface area (Å²) in [5, 5.41) is 0. The molecule has 0 fully saturated rings. The van der Waals surface area contributed by atoms with Gasteiger partial charge in [-0.3, -0.25) is 0 Å². The van der Waals surface area contributed by atoms with E-state index >= 15 is 0 Å². The standard InChI is InChI=1S/C16H8F6O10S2/c17-15(18,19)33(23,24)31-7-1-3-9-13(29-5-27-9)11(7)12-8(32-34(25,26)16(20,21)22)2-4-10-14(12)30-6-28-10/h1-4H,5-6H2. The molecular formula is C16H8F6O10S2. The first-order valence-electron chi connectivity index (χ1n) is 8.49. The van der Waals surface area contributed by atoms with E-state index in [4.69, 9.17) is 18.9 Å². The van der Waals surface area contributed by atoms with Gasteiger partial charge in [0.25, 0.3) is 0 Å². The molecule has 186 valence electrons. The van der Waals surface area contributed by atoms with Gasteiger partial charge in [0, 0.05) is 0 Å². The number of fused-ring (bicyclic) bond motifs is 2. The zero-order valence-corrected chi connectivity index (χ0v) is 17.5. The summed E-state index contributed by atoms with van der Waals surface area (Å²) in [6.45, 7) is -1.05. The van der Waals surface area contributed by atoms with Crippen LogP contribution in [-0.2, 0) is 20.2 Å². The van der Waals surface area contributed by atoms with Crippen LogP contribution >= 0.6 is 0 Å². The van der Waals surface area contributed by atoms with Gasteiger partial charge in [0.1, 0.15) is 0 Å². The number of ether oxygens (including phenoxy) is 4. The lowest BCUT2D eigenvalue weighted by atomic mass is 10.00. The van der Waals surface area contributed by atoms with Crippen molar-refractivity contribution in [1.82, 2.24) is 0 Å². The number of halogens is 6. The Morgan fingerprint density at radius 1 is 0.618 bits per heavy atom. The monoisotopic (exact) mass is 538 g/mol. The summed E-state index contributed by atoms with van der Waals surface area (Å²) in [5.41, 5.74) is -13.3. The van der Waals surface area contributed by atoms with Crippen molar-refractivity contribution in [2.75, 3.05) is 13.6 Å². The van der Waals surface area contributed by atoms with Crippen molar-refractivity contribution in [3.8, 4) is 45.6 Å². The first kappa shape index (κ1) is 23.9. The van der Waals surface area contributed by atoms with Gasteiger partial charge in [0.15, 0.2) is 34.5 Å². The van der Waals surface area contributed by atoms with Gasteiger partial charge < -0.3 is 27.3 Å². The maximum atomic E-state index is 12.9. The summed E-state index contributed by atoms with van der Waals surface area (Å²) >= 11 is 0. The molecule has 34 heavy (non-hydrogen) atoms. The molecule has 0 saturated heterocycles. The number of hydrogen-bond donors (Lipinski definition) is 0. The summed E-state index contributed by atoms with van der Waals surface area (Å²) in [6.07, 6.45) is 0. The fraction of sp³-hybridized carbons (Fsp3) is 0.250. The second-order valence-corrected chi connectivity index (χ2v) is 9.39. The Morgan fingerprint density at radius 2 is 0.971 bits per heavy atom. The van der Waals surface area contributed by atoms with Crippen LogP contribution in [0.1, 0.15) is 0 Å². The van der Waals surface area contributed by atoms with Crippen LogP contribution < -0.4 is 27.3 Å². The minimum absolute atomic E-state index is 0.187. The Balaban J connectivity index is 2.00. The fourth-order valence-corrected chi connectivity index (χ4v) is 3.79. The highest BCUT2D eigenvalue weighted by molar-refractivity contribution is 7.88. The summed E-state index contributed by atoms with van der Waals surface area (Å²) in [4.78, 5) is 0. The molecule has 18 heteroatoms. The second kappa shape index (κ2) is 7.62. The Hall–Kier alpha value is -3.28. The topological polar surface area (TPSA) is 124 Å². The minimum atomic E-state index is -6.29. The molecule has 0 aliphatic carbocycles. The van der Waals surface area contributed by atoms with Crippen LogP contribution in [0.3, 0.4) is 0 Å². The van der Waals surface area contributed by atoms with E-state index in [0.717, 1.165) is 12.1 Å². The van der Waals surface area contributed by atoms with Gasteiger partial charge in [-0.2, -0.15) is 43.2 Å². The third kappa shape index (κ3) is 3.95. The summed E-state index contributed by atoms with van der Waals surface area (Å²) < 4.78 is 153. The predicted molar refractivity (Wildman–Crippen MR) is 95.3 cm³/mol. The molecule has 2 aliphatic heterocycles. The molecule has 10 nitrogen and oxygen atoms in total. The van der Waals surface area contributed by atoms with Crippen LogP contribution in [0.5, 0.6) is 34.5 Å². The quantitative estimate of drug-likeness (QED) is 0.318. The van der Waals surface area contributed by atoms with Crippen molar-refractivity contribution < 1.29 is 70.5 Å². The number of benzene rings is 2. The van der Waals surface area contributed by atoms with Gasteiger partial charge >= 0.3 is 31.3 Å². The third-order valence-corrected chi connectivity index (χ3v) is 6.15. The Labute approximate surface area is 185 Å². The molecule has 0 amide bonds. The normalized spacial score (nSPS) is 15.4. The summed E-state index contributed by atoms with van der Waals surface area (Å²) in [6, 6.07) is 3.29. The van der Waals surface area contributed by atoms with Crippen LogP contribution in [0.4, 0.5) is 26.3 Å². The van der Waals surface area contributed by atoms with Crippen LogP contribution in [0.15, 0.2) is 24.3 Å². The molecule has 2 aromatic rings. The zero-order valence-electron chi connectivity index (χ0n) is 15.9. The smallest absolute Gasteiger partial charge is 0.454 e.